The number of carboxylic acids is 2. The Labute approximate surface area is 192 Å². The molecule has 0 aliphatic carbocycles. The van der Waals surface area contributed by atoms with Gasteiger partial charge in [0.15, 0.2) is 0 Å². The van der Waals surface area contributed by atoms with Gasteiger partial charge < -0.3 is 15.9 Å². The van der Waals surface area contributed by atoms with Crippen LogP contribution in [-0.4, -0.2) is 28.7 Å². The van der Waals surface area contributed by atoms with Crippen LogP contribution < -0.4 is 5.73 Å². The molecule has 0 heterocycles. The van der Waals surface area contributed by atoms with Crippen LogP contribution in [0.15, 0.2) is 24.3 Å². The maximum Gasteiger partial charge on any atom is 0.328 e. The zero-order valence-corrected chi connectivity index (χ0v) is 20.7. The molecule has 5 heteroatoms. The van der Waals surface area contributed by atoms with Gasteiger partial charge in [-0.2, -0.15) is 0 Å². The molecule has 0 saturated heterocycles. The predicted molar refractivity (Wildman–Crippen MR) is 134 cm³/mol. The normalized spacial score (nSPS) is 10.1. The SMILES string of the molecule is C=C(C)C.CCCCCCCCCCCCCCCCCCN.O=C(O)C=CC(=O)O. The Balaban J connectivity index is -0.000000536. The Kier molecular flexibility index (Phi) is 33.5. The molecule has 0 aromatic heterocycles. The molecule has 0 aliphatic rings. The second-order valence-corrected chi connectivity index (χ2v) is 8.31. The fraction of sp³-hybridized carbons (Fsp3) is 0.769. The van der Waals surface area contributed by atoms with E-state index in [-0.39, 0.29) is 0 Å². The predicted octanol–water partition coefficient (Wildman–Crippen LogP) is 7.50. The van der Waals surface area contributed by atoms with E-state index in [1.54, 1.807) is 0 Å². The van der Waals surface area contributed by atoms with E-state index in [1.807, 2.05) is 13.8 Å². The number of aliphatic carboxylic acids is 2. The molecule has 0 bridgehead atoms. The third-order valence-corrected chi connectivity index (χ3v) is 4.43. The van der Waals surface area contributed by atoms with Crippen molar-refractivity contribution in [1.29, 1.82) is 0 Å². The number of carbonyl (C=O) groups is 2. The number of unbranched alkanes of at least 4 members (excludes halogenated alkanes) is 15. The van der Waals surface area contributed by atoms with Crippen molar-refractivity contribution in [3.8, 4) is 0 Å². The van der Waals surface area contributed by atoms with Gasteiger partial charge in [0.1, 0.15) is 0 Å². The van der Waals surface area contributed by atoms with E-state index in [0.29, 0.717) is 12.2 Å². The smallest absolute Gasteiger partial charge is 0.328 e. The standard InChI is InChI=1S/C18H39N.C4H4O4.C4H8/c1-2-3-4-5-6-7-8-9-10-11-12-13-14-15-16-17-18-19;5-3(6)1-2-4(7)8;1-4(2)3/h2-19H2,1H3;1-2H,(H,5,6)(H,7,8);1H2,2-3H3. The first-order valence-corrected chi connectivity index (χ1v) is 12.2. The quantitative estimate of drug-likeness (QED) is 0.116. The summed E-state index contributed by atoms with van der Waals surface area (Å²) in [5, 5.41) is 15.6. The van der Waals surface area contributed by atoms with Gasteiger partial charge in [0.05, 0.1) is 0 Å². The lowest BCUT2D eigenvalue weighted by atomic mass is 10.0. The second kappa shape index (κ2) is 30.6. The molecule has 31 heavy (non-hydrogen) atoms. The van der Waals surface area contributed by atoms with Gasteiger partial charge in [-0.3, -0.25) is 0 Å². The molecule has 4 N–H and O–H groups in total. The highest BCUT2D eigenvalue weighted by molar-refractivity contribution is 5.89. The fourth-order valence-electron chi connectivity index (χ4n) is 2.84. The zero-order valence-electron chi connectivity index (χ0n) is 20.7. The third kappa shape index (κ3) is 52.6. The van der Waals surface area contributed by atoms with Gasteiger partial charge in [0.2, 0.25) is 0 Å². The molecule has 5 nitrogen and oxygen atoms in total. The molecule has 0 aromatic carbocycles. The van der Waals surface area contributed by atoms with Crippen LogP contribution in [0.1, 0.15) is 124 Å². The topological polar surface area (TPSA) is 101 Å². The highest BCUT2D eigenvalue weighted by atomic mass is 16.4. The monoisotopic (exact) mass is 441 g/mol. The van der Waals surface area contributed by atoms with E-state index in [4.69, 9.17) is 15.9 Å². The number of allylic oxidation sites excluding steroid dienone is 1. The molecule has 0 atom stereocenters. The van der Waals surface area contributed by atoms with E-state index in [1.165, 1.54) is 108 Å². The molecule has 0 radical (unpaired) electrons. The largest absolute Gasteiger partial charge is 0.478 e. The van der Waals surface area contributed by atoms with Crippen molar-refractivity contribution < 1.29 is 19.8 Å². The number of nitrogens with two attached hydrogens (primary N) is 1. The van der Waals surface area contributed by atoms with Crippen LogP contribution in [0.4, 0.5) is 0 Å². The first-order chi connectivity index (χ1) is 14.8. The first kappa shape index (κ1) is 34.0. The van der Waals surface area contributed by atoms with E-state index in [2.05, 4.69) is 13.5 Å². The van der Waals surface area contributed by atoms with Gasteiger partial charge in [-0.15, -0.1) is 6.58 Å². The van der Waals surface area contributed by atoms with Crippen LogP contribution in [0.5, 0.6) is 0 Å². The average Bonchev–Trinajstić information content (AvgIpc) is 2.69. The Morgan fingerprint density at radius 1 is 0.645 bits per heavy atom. The molecule has 0 fully saturated rings. The number of carboxylic acid groups (broad SMARTS) is 2. The minimum Gasteiger partial charge on any atom is -0.478 e. The minimum absolute atomic E-state index is 0.558. The summed E-state index contributed by atoms with van der Waals surface area (Å²) < 4.78 is 0. The lowest BCUT2D eigenvalue weighted by molar-refractivity contribution is -0.134. The van der Waals surface area contributed by atoms with E-state index in [0.717, 1.165) is 6.54 Å². The van der Waals surface area contributed by atoms with Crippen molar-refractivity contribution in [3.05, 3.63) is 24.3 Å². The van der Waals surface area contributed by atoms with Crippen molar-refractivity contribution in [3.63, 3.8) is 0 Å². The highest BCUT2D eigenvalue weighted by Crippen LogP contribution is 2.13. The summed E-state index contributed by atoms with van der Waals surface area (Å²) >= 11 is 0. The Hall–Kier alpha value is -1.62. The van der Waals surface area contributed by atoms with Gasteiger partial charge in [-0.25, -0.2) is 9.59 Å². The first-order valence-electron chi connectivity index (χ1n) is 12.2. The molecule has 0 saturated carbocycles. The van der Waals surface area contributed by atoms with Crippen molar-refractivity contribution in [2.45, 2.75) is 124 Å². The summed E-state index contributed by atoms with van der Waals surface area (Å²) in [5.74, 6) is -2.51. The second-order valence-electron chi connectivity index (χ2n) is 8.31. The molecule has 0 aromatic rings. The van der Waals surface area contributed by atoms with Crippen LogP contribution in [0, 0.1) is 0 Å². The zero-order chi connectivity index (χ0) is 24.2. The van der Waals surface area contributed by atoms with Crippen molar-refractivity contribution in [2.75, 3.05) is 6.54 Å². The summed E-state index contributed by atoms with van der Waals surface area (Å²) in [5.41, 5.74) is 6.65. The van der Waals surface area contributed by atoms with Crippen LogP contribution in [0.2, 0.25) is 0 Å². The highest BCUT2D eigenvalue weighted by Gasteiger charge is 1.94. The summed E-state index contributed by atoms with van der Waals surface area (Å²) in [6.45, 7) is 10.7. The van der Waals surface area contributed by atoms with Crippen LogP contribution in [-0.2, 0) is 9.59 Å². The number of rotatable bonds is 18. The molecule has 0 unspecified atom stereocenters. The third-order valence-electron chi connectivity index (χ3n) is 4.43. The molecule has 0 spiro atoms. The van der Waals surface area contributed by atoms with Gasteiger partial charge >= 0.3 is 11.9 Å². The Morgan fingerprint density at radius 3 is 1.06 bits per heavy atom. The van der Waals surface area contributed by atoms with Crippen molar-refractivity contribution in [1.82, 2.24) is 0 Å². The van der Waals surface area contributed by atoms with Crippen molar-refractivity contribution >= 4 is 11.9 Å². The van der Waals surface area contributed by atoms with Gasteiger partial charge in [0.25, 0.3) is 0 Å². The lowest BCUT2D eigenvalue weighted by Gasteiger charge is -2.03. The summed E-state index contributed by atoms with van der Waals surface area (Å²) in [4.78, 5) is 19.1. The number of hydrogen-bond acceptors (Lipinski definition) is 3. The van der Waals surface area contributed by atoms with Crippen LogP contribution in [0.25, 0.3) is 0 Å². The number of hydrogen-bond donors (Lipinski definition) is 3. The van der Waals surface area contributed by atoms with E-state index >= 15 is 0 Å². The Bertz CT molecular complexity index is 397. The summed E-state index contributed by atoms with van der Waals surface area (Å²) in [7, 11) is 0. The molecule has 0 amide bonds. The maximum absolute atomic E-state index is 9.55. The lowest BCUT2D eigenvalue weighted by Crippen LogP contribution is -1.97. The van der Waals surface area contributed by atoms with Crippen LogP contribution in [0.3, 0.4) is 0 Å². The summed E-state index contributed by atoms with van der Waals surface area (Å²) in [6.07, 6.45) is 24.0. The van der Waals surface area contributed by atoms with Gasteiger partial charge in [-0.1, -0.05) is 109 Å². The summed E-state index contributed by atoms with van der Waals surface area (Å²) in [6, 6.07) is 0. The van der Waals surface area contributed by atoms with Crippen LogP contribution >= 0.6 is 0 Å². The molecule has 184 valence electrons. The Morgan fingerprint density at radius 2 is 0.871 bits per heavy atom. The fourth-order valence-corrected chi connectivity index (χ4v) is 2.84. The molecular formula is C26H51NO4. The maximum atomic E-state index is 9.55. The van der Waals surface area contributed by atoms with Gasteiger partial charge in [0, 0.05) is 12.2 Å². The molecule has 0 aliphatic heterocycles. The van der Waals surface area contributed by atoms with E-state index in [9.17, 15) is 9.59 Å². The molecular weight excluding hydrogens is 390 g/mol. The average molecular weight is 442 g/mol. The van der Waals surface area contributed by atoms with Gasteiger partial charge in [-0.05, 0) is 26.8 Å². The van der Waals surface area contributed by atoms with E-state index < -0.39 is 11.9 Å². The minimum atomic E-state index is -1.26. The molecule has 0 rings (SSSR count). The van der Waals surface area contributed by atoms with Crippen molar-refractivity contribution in [2.24, 2.45) is 5.73 Å².